The van der Waals surface area contributed by atoms with Crippen LogP contribution in [0, 0.1) is 0 Å². The third-order valence-electron chi connectivity index (χ3n) is 3.01. The van der Waals surface area contributed by atoms with Gasteiger partial charge in [-0.05, 0) is 36.2 Å². The Morgan fingerprint density at radius 2 is 1.78 bits per heavy atom. The van der Waals surface area contributed by atoms with E-state index in [0.717, 1.165) is 18.8 Å². The van der Waals surface area contributed by atoms with Crippen LogP contribution in [0.3, 0.4) is 0 Å². The quantitative estimate of drug-likeness (QED) is 0.763. The molecule has 0 N–H and O–H groups in total. The molecule has 0 aliphatic carbocycles. The first-order valence-electron chi connectivity index (χ1n) is 6.56. The van der Waals surface area contributed by atoms with E-state index in [-0.39, 0.29) is 6.10 Å². The second kappa shape index (κ2) is 6.41. The summed E-state index contributed by atoms with van der Waals surface area (Å²) >= 11 is 0. The normalized spacial score (nSPS) is 12.6. The average molecular weight is 244 g/mol. The third-order valence-corrected chi connectivity index (χ3v) is 3.01. The molecule has 0 spiro atoms. The molecular formula is C16H20O2. The predicted octanol–water partition coefficient (Wildman–Crippen LogP) is 4.03. The first kappa shape index (κ1) is 12.9. The van der Waals surface area contributed by atoms with E-state index < -0.39 is 0 Å². The molecule has 1 unspecified atom stereocenters. The summed E-state index contributed by atoms with van der Waals surface area (Å²) in [6.45, 7) is 5.48. The smallest absolute Gasteiger partial charge is 0.120 e. The van der Waals surface area contributed by atoms with E-state index in [1.807, 2.05) is 25.1 Å². The molecule has 0 bridgehead atoms. The summed E-state index contributed by atoms with van der Waals surface area (Å²) in [4.78, 5) is 0. The van der Waals surface area contributed by atoms with Gasteiger partial charge in [-0.1, -0.05) is 37.3 Å². The standard InChI is InChI=1S/C16H20O2/c1-3-15(17-4-2)12-18-16-10-9-13-7-5-6-8-14(13)11-16/h5-11,15H,3-4,12H2,1-2H3. The van der Waals surface area contributed by atoms with Gasteiger partial charge in [0, 0.05) is 6.61 Å². The third kappa shape index (κ3) is 3.23. The van der Waals surface area contributed by atoms with E-state index in [1.54, 1.807) is 0 Å². The van der Waals surface area contributed by atoms with Crippen LogP contribution in [-0.2, 0) is 4.74 Å². The Kier molecular flexibility index (Phi) is 4.59. The lowest BCUT2D eigenvalue weighted by molar-refractivity contribution is 0.0256. The zero-order valence-corrected chi connectivity index (χ0v) is 11.1. The van der Waals surface area contributed by atoms with Crippen molar-refractivity contribution in [3.05, 3.63) is 42.5 Å². The van der Waals surface area contributed by atoms with Crippen molar-refractivity contribution in [2.24, 2.45) is 0 Å². The maximum Gasteiger partial charge on any atom is 0.120 e. The predicted molar refractivity (Wildman–Crippen MR) is 75.1 cm³/mol. The summed E-state index contributed by atoms with van der Waals surface area (Å²) in [6.07, 6.45) is 1.16. The second-order valence-corrected chi connectivity index (χ2v) is 4.31. The van der Waals surface area contributed by atoms with Gasteiger partial charge in [0.15, 0.2) is 0 Å². The number of ether oxygens (including phenoxy) is 2. The fourth-order valence-electron chi connectivity index (χ4n) is 1.97. The van der Waals surface area contributed by atoms with Crippen molar-refractivity contribution < 1.29 is 9.47 Å². The molecule has 0 fully saturated rings. The lowest BCUT2D eigenvalue weighted by Crippen LogP contribution is -2.20. The van der Waals surface area contributed by atoms with Crippen LogP contribution in [0.5, 0.6) is 5.75 Å². The monoisotopic (exact) mass is 244 g/mol. The van der Waals surface area contributed by atoms with E-state index in [0.29, 0.717) is 6.61 Å². The molecule has 96 valence electrons. The van der Waals surface area contributed by atoms with Crippen molar-refractivity contribution in [2.45, 2.75) is 26.4 Å². The Morgan fingerprint density at radius 1 is 1.00 bits per heavy atom. The number of fused-ring (bicyclic) bond motifs is 1. The molecule has 0 aliphatic rings. The van der Waals surface area contributed by atoms with Gasteiger partial charge in [-0.2, -0.15) is 0 Å². The van der Waals surface area contributed by atoms with E-state index in [1.165, 1.54) is 10.8 Å². The van der Waals surface area contributed by atoms with E-state index in [4.69, 9.17) is 9.47 Å². The van der Waals surface area contributed by atoms with Crippen molar-refractivity contribution in [2.75, 3.05) is 13.2 Å². The highest BCUT2D eigenvalue weighted by Crippen LogP contribution is 2.20. The molecule has 0 amide bonds. The zero-order chi connectivity index (χ0) is 12.8. The topological polar surface area (TPSA) is 18.5 Å². The van der Waals surface area contributed by atoms with Crippen LogP contribution in [0.4, 0.5) is 0 Å². The summed E-state index contributed by atoms with van der Waals surface area (Å²) in [7, 11) is 0. The van der Waals surface area contributed by atoms with Crippen molar-refractivity contribution >= 4 is 10.8 Å². The molecule has 2 heteroatoms. The van der Waals surface area contributed by atoms with E-state index in [9.17, 15) is 0 Å². The zero-order valence-electron chi connectivity index (χ0n) is 11.1. The minimum Gasteiger partial charge on any atom is -0.491 e. The highest BCUT2D eigenvalue weighted by molar-refractivity contribution is 5.83. The summed E-state index contributed by atoms with van der Waals surface area (Å²) < 4.78 is 11.4. The second-order valence-electron chi connectivity index (χ2n) is 4.31. The number of rotatable bonds is 6. The molecular weight excluding hydrogens is 224 g/mol. The average Bonchev–Trinajstić information content (AvgIpc) is 2.43. The molecule has 0 radical (unpaired) electrons. The molecule has 0 heterocycles. The van der Waals surface area contributed by atoms with Gasteiger partial charge in [-0.3, -0.25) is 0 Å². The Bertz CT molecular complexity index is 493. The van der Waals surface area contributed by atoms with Gasteiger partial charge in [0.2, 0.25) is 0 Å². The van der Waals surface area contributed by atoms with Crippen molar-refractivity contribution in [1.82, 2.24) is 0 Å². The Balaban J connectivity index is 2.03. The van der Waals surface area contributed by atoms with Crippen LogP contribution >= 0.6 is 0 Å². The first-order valence-corrected chi connectivity index (χ1v) is 6.56. The van der Waals surface area contributed by atoms with Crippen molar-refractivity contribution in [3.63, 3.8) is 0 Å². The Morgan fingerprint density at radius 3 is 2.50 bits per heavy atom. The molecule has 2 rings (SSSR count). The summed E-state index contributed by atoms with van der Waals surface area (Å²) in [6, 6.07) is 14.5. The van der Waals surface area contributed by atoms with Crippen LogP contribution in [-0.4, -0.2) is 19.3 Å². The number of hydrogen-bond donors (Lipinski definition) is 0. The number of benzene rings is 2. The lowest BCUT2D eigenvalue weighted by Gasteiger charge is -2.16. The molecule has 0 saturated heterocycles. The number of hydrogen-bond acceptors (Lipinski definition) is 2. The van der Waals surface area contributed by atoms with E-state index in [2.05, 4.69) is 31.2 Å². The van der Waals surface area contributed by atoms with Gasteiger partial charge >= 0.3 is 0 Å². The van der Waals surface area contributed by atoms with Gasteiger partial charge in [0.05, 0.1) is 6.10 Å². The summed E-state index contributed by atoms with van der Waals surface area (Å²) in [5, 5.41) is 2.45. The van der Waals surface area contributed by atoms with Crippen LogP contribution < -0.4 is 4.74 Å². The maximum atomic E-state index is 5.79. The van der Waals surface area contributed by atoms with Crippen LogP contribution in [0.2, 0.25) is 0 Å². The highest BCUT2D eigenvalue weighted by atomic mass is 16.5. The maximum absolute atomic E-state index is 5.79. The molecule has 2 aromatic carbocycles. The lowest BCUT2D eigenvalue weighted by atomic mass is 10.1. The molecule has 0 saturated carbocycles. The molecule has 0 aliphatic heterocycles. The van der Waals surface area contributed by atoms with Gasteiger partial charge in [0.25, 0.3) is 0 Å². The fourth-order valence-corrected chi connectivity index (χ4v) is 1.97. The van der Waals surface area contributed by atoms with Crippen molar-refractivity contribution in [1.29, 1.82) is 0 Å². The van der Waals surface area contributed by atoms with Gasteiger partial charge in [-0.15, -0.1) is 0 Å². The molecule has 0 aromatic heterocycles. The fraction of sp³-hybridized carbons (Fsp3) is 0.375. The van der Waals surface area contributed by atoms with Gasteiger partial charge in [0.1, 0.15) is 12.4 Å². The summed E-state index contributed by atoms with van der Waals surface area (Å²) in [5.74, 6) is 0.909. The molecule has 2 nitrogen and oxygen atoms in total. The minimum atomic E-state index is 0.182. The summed E-state index contributed by atoms with van der Waals surface area (Å²) in [5.41, 5.74) is 0. The molecule has 2 aromatic rings. The first-order chi connectivity index (χ1) is 8.83. The van der Waals surface area contributed by atoms with Gasteiger partial charge < -0.3 is 9.47 Å². The molecule has 1 atom stereocenters. The highest BCUT2D eigenvalue weighted by Gasteiger charge is 2.06. The Hall–Kier alpha value is -1.54. The van der Waals surface area contributed by atoms with Crippen LogP contribution in [0.15, 0.2) is 42.5 Å². The SMILES string of the molecule is CCOC(CC)COc1ccc2ccccc2c1. The van der Waals surface area contributed by atoms with Crippen molar-refractivity contribution in [3.8, 4) is 5.75 Å². The van der Waals surface area contributed by atoms with Crippen LogP contribution in [0.25, 0.3) is 10.8 Å². The van der Waals surface area contributed by atoms with E-state index >= 15 is 0 Å². The minimum absolute atomic E-state index is 0.182. The Labute approximate surface area is 109 Å². The largest absolute Gasteiger partial charge is 0.491 e. The molecule has 18 heavy (non-hydrogen) atoms. The van der Waals surface area contributed by atoms with Gasteiger partial charge in [-0.25, -0.2) is 0 Å². The van der Waals surface area contributed by atoms with Crippen LogP contribution in [0.1, 0.15) is 20.3 Å².